The Labute approximate surface area is 126 Å². The molecule has 1 heterocycles. The molecule has 1 aromatic carbocycles. The van der Waals surface area contributed by atoms with Gasteiger partial charge in [-0.3, -0.25) is 14.9 Å². The summed E-state index contributed by atoms with van der Waals surface area (Å²) in [7, 11) is 0. The highest BCUT2D eigenvalue weighted by Gasteiger charge is 2.27. The highest BCUT2D eigenvalue weighted by atomic mass is 35.5. The lowest BCUT2D eigenvalue weighted by Gasteiger charge is -2.30. The molecule has 2 rings (SSSR count). The van der Waals surface area contributed by atoms with Crippen LogP contribution < -0.4 is 11.5 Å². The minimum Gasteiger partial charge on any atom is -0.393 e. The van der Waals surface area contributed by atoms with Crippen LogP contribution in [0.3, 0.4) is 0 Å². The molecule has 4 N–H and O–H groups in total. The topological polar surface area (TPSA) is 115 Å². The zero-order chi connectivity index (χ0) is 14.9. The molecule has 1 fully saturated rings. The van der Waals surface area contributed by atoms with E-state index in [1.165, 1.54) is 4.90 Å². The quantitative estimate of drug-likeness (QED) is 0.484. The number of likely N-dealkylation sites (tertiary alicyclic amines) is 1. The fourth-order valence-electron chi connectivity index (χ4n) is 2.20. The zero-order valence-corrected chi connectivity index (χ0v) is 11.9. The predicted octanol–water partition coefficient (Wildman–Crippen LogP) is 1.30. The van der Waals surface area contributed by atoms with Crippen LogP contribution in [0.15, 0.2) is 12.1 Å². The van der Waals surface area contributed by atoms with Gasteiger partial charge in [0.1, 0.15) is 11.5 Å². The number of hydrogen-bond donors (Lipinski definition) is 2. The van der Waals surface area contributed by atoms with Crippen molar-refractivity contribution in [2.45, 2.75) is 18.9 Å². The van der Waals surface area contributed by atoms with Gasteiger partial charge in [-0.2, -0.15) is 0 Å². The molecule has 7 nitrogen and oxygen atoms in total. The second kappa shape index (κ2) is 6.68. The maximum absolute atomic E-state index is 13.4. The molecule has 1 aliphatic rings. The van der Waals surface area contributed by atoms with Gasteiger partial charge in [0.25, 0.3) is 11.6 Å². The lowest BCUT2D eigenvalue weighted by Crippen LogP contribution is -2.43. The van der Waals surface area contributed by atoms with Crippen LogP contribution in [0.25, 0.3) is 0 Å². The molecule has 1 aliphatic heterocycles. The number of benzene rings is 1. The molecule has 0 bridgehead atoms. The first-order chi connectivity index (χ1) is 9.40. The minimum atomic E-state index is -0.858. The summed E-state index contributed by atoms with van der Waals surface area (Å²) < 4.78 is 13.4. The standard InChI is InChI=1S/C12H15FN4O3.ClH/c13-7-5-9(11(15)10(6-7)17(19)20)12(18)16-3-1-8(14)2-4-16;/h5-6,8H,1-4,14-15H2;1H. The summed E-state index contributed by atoms with van der Waals surface area (Å²) in [5, 5.41) is 10.8. The molecular weight excluding hydrogens is 303 g/mol. The van der Waals surface area contributed by atoms with Gasteiger partial charge >= 0.3 is 0 Å². The Morgan fingerprint density at radius 3 is 2.48 bits per heavy atom. The van der Waals surface area contributed by atoms with Crippen molar-refractivity contribution in [2.75, 3.05) is 18.8 Å². The third-order valence-electron chi connectivity index (χ3n) is 3.38. The molecule has 1 saturated heterocycles. The van der Waals surface area contributed by atoms with Crippen LogP contribution in [-0.2, 0) is 0 Å². The van der Waals surface area contributed by atoms with Gasteiger partial charge in [-0.05, 0) is 18.9 Å². The Balaban J connectivity index is 0.00000220. The van der Waals surface area contributed by atoms with Gasteiger partial charge < -0.3 is 16.4 Å². The van der Waals surface area contributed by atoms with Crippen LogP contribution in [-0.4, -0.2) is 34.9 Å². The van der Waals surface area contributed by atoms with Crippen molar-refractivity contribution in [1.82, 2.24) is 4.90 Å². The van der Waals surface area contributed by atoms with E-state index in [0.29, 0.717) is 32.0 Å². The number of carbonyl (C=O) groups is 1. The van der Waals surface area contributed by atoms with E-state index in [2.05, 4.69) is 0 Å². The number of halogens is 2. The number of anilines is 1. The van der Waals surface area contributed by atoms with Gasteiger partial charge in [-0.15, -0.1) is 12.4 Å². The van der Waals surface area contributed by atoms with Gasteiger partial charge in [0, 0.05) is 19.1 Å². The molecule has 0 unspecified atom stereocenters. The van der Waals surface area contributed by atoms with Crippen LogP contribution in [0, 0.1) is 15.9 Å². The largest absolute Gasteiger partial charge is 0.393 e. The van der Waals surface area contributed by atoms with Crippen molar-refractivity contribution in [3.05, 3.63) is 33.6 Å². The van der Waals surface area contributed by atoms with Crippen LogP contribution in [0.4, 0.5) is 15.8 Å². The Kier molecular flexibility index (Phi) is 5.45. The summed E-state index contributed by atoms with van der Waals surface area (Å²) in [4.78, 5) is 23.7. The Morgan fingerprint density at radius 1 is 1.38 bits per heavy atom. The molecule has 0 aromatic heterocycles. The average Bonchev–Trinajstić information content (AvgIpc) is 2.41. The normalized spacial score (nSPS) is 15.4. The summed E-state index contributed by atoms with van der Waals surface area (Å²) in [6.45, 7) is 0.869. The molecule has 1 amide bonds. The monoisotopic (exact) mass is 318 g/mol. The van der Waals surface area contributed by atoms with E-state index in [1.807, 2.05) is 0 Å². The van der Waals surface area contributed by atoms with E-state index in [4.69, 9.17) is 11.5 Å². The second-order valence-corrected chi connectivity index (χ2v) is 4.77. The molecule has 1 aromatic rings. The van der Waals surface area contributed by atoms with Gasteiger partial charge in [0.15, 0.2) is 0 Å². The first-order valence-electron chi connectivity index (χ1n) is 6.18. The Hall–Kier alpha value is -1.93. The number of carbonyl (C=O) groups excluding carboxylic acids is 1. The van der Waals surface area contributed by atoms with Gasteiger partial charge in [-0.25, -0.2) is 4.39 Å². The highest BCUT2D eigenvalue weighted by molar-refractivity contribution is 6.01. The summed E-state index contributed by atoms with van der Waals surface area (Å²) in [5.74, 6) is -1.36. The number of hydrogen-bond acceptors (Lipinski definition) is 5. The van der Waals surface area contributed by atoms with Gasteiger partial charge in [0.05, 0.1) is 16.6 Å². The maximum atomic E-state index is 13.4. The number of nitro benzene ring substituents is 1. The molecule has 0 atom stereocenters. The van der Waals surface area contributed by atoms with Crippen LogP contribution in [0.2, 0.25) is 0 Å². The van der Waals surface area contributed by atoms with E-state index < -0.39 is 22.3 Å². The molecule has 21 heavy (non-hydrogen) atoms. The maximum Gasteiger partial charge on any atom is 0.295 e. The van der Waals surface area contributed by atoms with Gasteiger partial charge in [-0.1, -0.05) is 0 Å². The van der Waals surface area contributed by atoms with Crippen molar-refractivity contribution in [1.29, 1.82) is 0 Å². The van der Waals surface area contributed by atoms with E-state index in [1.54, 1.807) is 0 Å². The van der Waals surface area contributed by atoms with Crippen molar-refractivity contribution >= 4 is 29.7 Å². The van der Waals surface area contributed by atoms with Crippen LogP contribution in [0.5, 0.6) is 0 Å². The summed E-state index contributed by atoms with van der Waals surface area (Å²) in [6, 6.07) is 1.68. The van der Waals surface area contributed by atoms with Crippen molar-refractivity contribution in [3.63, 3.8) is 0 Å². The average molecular weight is 319 g/mol. The number of rotatable bonds is 2. The molecular formula is C12H16ClFN4O3. The highest BCUT2D eigenvalue weighted by Crippen LogP contribution is 2.28. The number of piperidine rings is 1. The van der Waals surface area contributed by atoms with Crippen LogP contribution in [0.1, 0.15) is 23.2 Å². The summed E-state index contributed by atoms with van der Waals surface area (Å²) in [5.41, 5.74) is 10.3. The molecule has 0 saturated carbocycles. The third-order valence-corrected chi connectivity index (χ3v) is 3.38. The Morgan fingerprint density at radius 2 is 1.95 bits per heavy atom. The SMILES string of the molecule is Cl.Nc1c(C(=O)N2CCC(N)CC2)cc(F)cc1[N+](=O)[O-]. The molecule has 116 valence electrons. The smallest absolute Gasteiger partial charge is 0.295 e. The lowest BCUT2D eigenvalue weighted by atomic mass is 10.0. The Bertz CT molecular complexity index is 562. The first-order valence-corrected chi connectivity index (χ1v) is 6.18. The van der Waals surface area contributed by atoms with Crippen molar-refractivity contribution < 1.29 is 14.1 Å². The van der Waals surface area contributed by atoms with E-state index in [0.717, 1.165) is 6.07 Å². The number of nitrogen functional groups attached to an aromatic ring is 1. The first kappa shape index (κ1) is 17.1. The number of nitrogens with zero attached hydrogens (tertiary/aromatic N) is 2. The number of nitrogens with two attached hydrogens (primary N) is 2. The third kappa shape index (κ3) is 3.59. The number of amides is 1. The van der Waals surface area contributed by atoms with E-state index >= 15 is 0 Å². The fourth-order valence-corrected chi connectivity index (χ4v) is 2.20. The van der Waals surface area contributed by atoms with Gasteiger partial charge in [0.2, 0.25) is 0 Å². The van der Waals surface area contributed by atoms with Crippen LogP contribution >= 0.6 is 12.4 Å². The second-order valence-electron chi connectivity index (χ2n) is 4.77. The fraction of sp³-hybridized carbons (Fsp3) is 0.417. The van der Waals surface area contributed by atoms with Crippen molar-refractivity contribution in [2.24, 2.45) is 5.73 Å². The van der Waals surface area contributed by atoms with E-state index in [-0.39, 0.29) is 29.7 Å². The number of nitro groups is 1. The predicted molar refractivity (Wildman–Crippen MR) is 77.8 cm³/mol. The van der Waals surface area contributed by atoms with E-state index in [9.17, 15) is 19.3 Å². The minimum absolute atomic E-state index is 0. The molecule has 0 radical (unpaired) electrons. The molecule has 0 aliphatic carbocycles. The summed E-state index contributed by atoms with van der Waals surface area (Å²) >= 11 is 0. The molecule has 0 spiro atoms. The zero-order valence-electron chi connectivity index (χ0n) is 11.1. The molecule has 9 heteroatoms. The summed E-state index contributed by atoms with van der Waals surface area (Å²) in [6.07, 6.45) is 1.28. The lowest BCUT2D eigenvalue weighted by molar-refractivity contribution is -0.384. The van der Waals surface area contributed by atoms with Crippen molar-refractivity contribution in [3.8, 4) is 0 Å².